The molecule has 3 heterocycles. The Morgan fingerprint density at radius 1 is 0.860 bits per heavy atom. The zero-order chi connectivity index (χ0) is 29.6. The maximum absolute atomic E-state index is 6.42. The smallest absolute Gasteiger partial charge is 0.232 e. The molecule has 0 amide bonds. The fourth-order valence-electron chi connectivity index (χ4n) is 7.07. The highest BCUT2D eigenvalue weighted by atomic mass is 35.5. The van der Waals surface area contributed by atoms with Gasteiger partial charge in [0.05, 0.1) is 0 Å². The molecule has 0 radical (unpaired) electrons. The van der Waals surface area contributed by atoms with Crippen molar-refractivity contribution < 1.29 is 0 Å². The van der Waals surface area contributed by atoms with E-state index in [2.05, 4.69) is 86.9 Å². The molecule has 2 N–H and O–H groups in total. The topological polar surface area (TPSA) is 59.6 Å². The first-order chi connectivity index (χ1) is 21.0. The Labute approximate surface area is 267 Å². The highest BCUT2D eigenvalue weighted by Gasteiger charge is 2.34. The summed E-state index contributed by atoms with van der Waals surface area (Å²) in [6.45, 7) is 7.81. The summed E-state index contributed by atoms with van der Waals surface area (Å²) in [6, 6.07) is 21.7. The molecule has 7 nitrogen and oxygen atoms in total. The molecule has 2 saturated heterocycles. The molecule has 9 heteroatoms. The third kappa shape index (κ3) is 7.18. The van der Waals surface area contributed by atoms with Crippen molar-refractivity contribution in [2.24, 2.45) is 0 Å². The molecule has 43 heavy (non-hydrogen) atoms. The second kappa shape index (κ2) is 13.7. The van der Waals surface area contributed by atoms with Gasteiger partial charge in [-0.2, -0.15) is 9.97 Å². The van der Waals surface area contributed by atoms with Gasteiger partial charge in [-0.05, 0) is 81.1 Å². The van der Waals surface area contributed by atoms with Gasteiger partial charge in [-0.1, -0.05) is 61.2 Å². The lowest BCUT2D eigenvalue weighted by Crippen LogP contribution is -2.47. The number of benzene rings is 2. The molecule has 0 spiro atoms. The Kier molecular flexibility index (Phi) is 9.53. The maximum Gasteiger partial charge on any atom is 0.232 e. The molecular formula is C34H44ClN7S. The predicted octanol–water partition coefficient (Wildman–Crippen LogP) is 7.02. The van der Waals surface area contributed by atoms with Crippen LogP contribution in [-0.2, 0) is 5.41 Å². The number of piperidine rings is 1. The minimum atomic E-state index is 0.0183. The van der Waals surface area contributed by atoms with Crippen LogP contribution in [0.2, 0.25) is 5.02 Å². The number of rotatable bonds is 7. The lowest BCUT2D eigenvalue weighted by Gasteiger charge is -2.39. The lowest BCUT2D eigenvalue weighted by atomic mass is 9.69. The average Bonchev–Trinajstić information content (AvgIpc) is 3.05. The minimum Gasteiger partial charge on any atom is -0.368 e. The first-order valence-corrected chi connectivity index (χ1v) is 16.8. The van der Waals surface area contributed by atoms with Crippen molar-refractivity contribution in [1.29, 1.82) is 0 Å². The molecule has 1 aromatic heterocycles. The van der Waals surface area contributed by atoms with E-state index in [1.807, 2.05) is 6.07 Å². The van der Waals surface area contributed by atoms with E-state index in [1.54, 1.807) is 0 Å². The summed E-state index contributed by atoms with van der Waals surface area (Å²) in [6.07, 6.45) is 9.61. The largest absolute Gasteiger partial charge is 0.368 e. The molecule has 2 aliphatic heterocycles. The zero-order valence-electron chi connectivity index (χ0n) is 25.3. The molecule has 1 atom stereocenters. The van der Waals surface area contributed by atoms with Crippen LogP contribution in [0.25, 0.3) is 0 Å². The van der Waals surface area contributed by atoms with Crippen LogP contribution in [0, 0.1) is 0 Å². The van der Waals surface area contributed by atoms with Gasteiger partial charge in [0, 0.05) is 67.5 Å². The molecule has 3 fully saturated rings. The van der Waals surface area contributed by atoms with Gasteiger partial charge in [0.15, 0.2) is 5.11 Å². The van der Waals surface area contributed by atoms with E-state index in [0.29, 0.717) is 17.1 Å². The van der Waals surface area contributed by atoms with Crippen molar-refractivity contribution >= 4 is 52.2 Å². The standard InChI is InChI=1S/C34H44ClN7S/c1-26-11-6-9-18-42(26)31-24-30(41-21-19-40(20-22-41)29-14-4-2-5-15-29)37-32(38-31)39-33(43)36-25-34(16-7-3-8-17-34)27-12-10-13-28(35)23-27/h2,4-5,10,12-15,23-24,26H,3,6-9,11,16-22,25H2,1H3,(H2,36,37,38,39,43). The van der Waals surface area contributed by atoms with Crippen molar-refractivity contribution in [3.63, 3.8) is 0 Å². The molecule has 228 valence electrons. The highest BCUT2D eigenvalue weighted by Crippen LogP contribution is 2.40. The van der Waals surface area contributed by atoms with Crippen LogP contribution in [0.3, 0.4) is 0 Å². The normalized spacial score (nSPS) is 20.5. The van der Waals surface area contributed by atoms with Crippen LogP contribution in [-0.4, -0.2) is 60.4 Å². The Morgan fingerprint density at radius 3 is 2.35 bits per heavy atom. The summed E-state index contributed by atoms with van der Waals surface area (Å²) >= 11 is 12.3. The Balaban J connectivity index is 1.18. The fourth-order valence-corrected chi connectivity index (χ4v) is 7.42. The maximum atomic E-state index is 6.42. The van der Waals surface area contributed by atoms with Crippen LogP contribution in [0.15, 0.2) is 60.7 Å². The van der Waals surface area contributed by atoms with Gasteiger partial charge in [-0.15, -0.1) is 0 Å². The number of aromatic nitrogens is 2. The van der Waals surface area contributed by atoms with Crippen molar-refractivity contribution in [2.45, 2.75) is 69.7 Å². The molecule has 1 aliphatic carbocycles. The van der Waals surface area contributed by atoms with Crippen LogP contribution < -0.4 is 25.3 Å². The van der Waals surface area contributed by atoms with Crippen LogP contribution in [0.4, 0.5) is 23.3 Å². The molecule has 1 unspecified atom stereocenters. The number of hydrogen-bond donors (Lipinski definition) is 2. The molecular weight excluding hydrogens is 574 g/mol. The Morgan fingerprint density at radius 2 is 1.60 bits per heavy atom. The summed E-state index contributed by atoms with van der Waals surface area (Å²) in [4.78, 5) is 17.3. The summed E-state index contributed by atoms with van der Waals surface area (Å²) in [5.41, 5.74) is 2.59. The van der Waals surface area contributed by atoms with Gasteiger partial charge >= 0.3 is 0 Å². The van der Waals surface area contributed by atoms with E-state index < -0.39 is 0 Å². The first-order valence-electron chi connectivity index (χ1n) is 16.0. The minimum absolute atomic E-state index is 0.0183. The number of thiocarbonyl (C=S) groups is 1. The summed E-state index contributed by atoms with van der Waals surface area (Å²) in [5, 5.41) is 8.29. The molecule has 3 aromatic rings. The van der Waals surface area contributed by atoms with Gasteiger partial charge in [0.2, 0.25) is 5.95 Å². The molecule has 3 aliphatic rings. The lowest BCUT2D eigenvalue weighted by molar-refractivity contribution is 0.292. The third-order valence-corrected chi connectivity index (χ3v) is 10.1. The number of anilines is 4. The van der Waals surface area contributed by atoms with Crippen molar-refractivity contribution in [3.8, 4) is 0 Å². The van der Waals surface area contributed by atoms with E-state index in [9.17, 15) is 0 Å². The average molecular weight is 618 g/mol. The van der Waals surface area contributed by atoms with Gasteiger partial charge in [-0.25, -0.2) is 0 Å². The Hall–Kier alpha value is -3.10. The highest BCUT2D eigenvalue weighted by molar-refractivity contribution is 7.80. The number of piperazine rings is 1. The Bertz CT molecular complexity index is 1370. The molecule has 6 rings (SSSR count). The fraction of sp³-hybridized carbons (Fsp3) is 0.500. The molecule has 2 aromatic carbocycles. The van der Waals surface area contributed by atoms with Crippen LogP contribution >= 0.6 is 23.8 Å². The van der Waals surface area contributed by atoms with E-state index in [4.69, 9.17) is 33.8 Å². The number of nitrogens with zero attached hydrogens (tertiary/aromatic N) is 5. The number of halogens is 1. The van der Waals surface area contributed by atoms with Crippen LogP contribution in [0.5, 0.6) is 0 Å². The number of para-hydroxylation sites is 1. The SMILES string of the molecule is CC1CCCCN1c1cc(N2CCN(c3ccccc3)CC2)nc(NC(=S)NCC2(c3cccc(Cl)c3)CCCCC2)n1. The summed E-state index contributed by atoms with van der Waals surface area (Å²) < 4.78 is 0. The first kappa shape index (κ1) is 29.9. The van der Waals surface area contributed by atoms with Gasteiger partial charge < -0.3 is 25.3 Å². The number of hydrogen-bond acceptors (Lipinski definition) is 6. The predicted molar refractivity (Wildman–Crippen MR) is 184 cm³/mol. The van der Waals surface area contributed by atoms with Crippen molar-refractivity contribution in [2.75, 3.05) is 59.3 Å². The van der Waals surface area contributed by atoms with Gasteiger partial charge in [0.25, 0.3) is 0 Å². The zero-order valence-corrected chi connectivity index (χ0v) is 26.8. The summed E-state index contributed by atoms with van der Waals surface area (Å²) in [5.74, 6) is 2.51. The van der Waals surface area contributed by atoms with Gasteiger partial charge in [-0.3, -0.25) is 0 Å². The molecule has 0 bridgehead atoms. The second-order valence-electron chi connectivity index (χ2n) is 12.4. The third-order valence-electron chi connectivity index (χ3n) is 9.58. The van der Waals surface area contributed by atoms with Gasteiger partial charge in [0.1, 0.15) is 11.6 Å². The van der Waals surface area contributed by atoms with E-state index in [-0.39, 0.29) is 5.41 Å². The van der Waals surface area contributed by atoms with Crippen molar-refractivity contribution in [1.82, 2.24) is 15.3 Å². The van der Waals surface area contributed by atoms with Crippen LogP contribution in [0.1, 0.15) is 63.9 Å². The van der Waals surface area contributed by atoms with E-state index in [0.717, 1.165) is 68.8 Å². The molecule has 1 saturated carbocycles. The quantitative estimate of drug-likeness (QED) is 0.274. The number of nitrogens with one attached hydrogen (secondary N) is 2. The van der Waals surface area contributed by atoms with E-state index in [1.165, 1.54) is 49.8 Å². The monoisotopic (exact) mass is 617 g/mol. The van der Waals surface area contributed by atoms with E-state index >= 15 is 0 Å². The van der Waals surface area contributed by atoms with Crippen molar-refractivity contribution in [3.05, 3.63) is 71.2 Å². The second-order valence-corrected chi connectivity index (χ2v) is 13.3. The summed E-state index contributed by atoms with van der Waals surface area (Å²) in [7, 11) is 0.